The van der Waals surface area contributed by atoms with E-state index in [0.717, 1.165) is 0 Å². The number of ether oxygens (including phenoxy) is 1. The highest BCUT2D eigenvalue weighted by Crippen LogP contribution is 1.76. The second-order valence-electron chi connectivity index (χ2n) is 7.15. The molecular weight excluding hydrogens is 512 g/mol. The van der Waals surface area contributed by atoms with Gasteiger partial charge in [0.05, 0.1) is 52.4 Å². The zero-order valence-corrected chi connectivity index (χ0v) is 20.9. The third kappa shape index (κ3) is 19.5. The summed E-state index contributed by atoms with van der Waals surface area (Å²) in [6.07, 6.45) is 0. The summed E-state index contributed by atoms with van der Waals surface area (Å²) in [4.78, 5) is 103. The maximum atomic E-state index is 11.7. The molecule has 0 unspecified atom stereocenters. The van der Waals surface area contributed by atoms with Crippen molar-refractivity contribution in [1.82, 2.24) is 42.5 Å². The number of hydrogen-bond donors (Lipinski definition) is 8. The second kappa shape index (κ2) is 19.4. The molecule has 18 heteroatoms. The van der Waals surface area contributed by atoms with Gasteiger partial charge in [-0.15, -0.1) is 0 Å². The molecule has 0 heterocycles. The summed E-state index contributed by atoms with van der Waals surface area (Å²) in [6, 6.07) is 0. The molecule has 8 N–H and O–H groups in total. The lowest BCUT2D eigenvalue weighted by Gasteiger charge is -2.09. The van der Waals surface area contributed by atoms with Gasteiger partial charge in [-0.2, -0.15) is 0 Å². The van der Waals surface area contributed by atoms with Gasteiger partial charge in [0, 0.05) is 6.92 Å². The number of nitrogens with one attached hydrogen (secondary N) is 8. The Labute approximate surface area is 217 Å². The van der Waals surface area contributed by atoms with Crippen molar-refractivity contribution in [2.75, 3.05) is 59.0 Å². The molecule has 0 rings (SSSR count). The number of esters is 1. The summed E-state index contributed by atoms with van der Waals surface area (Å²) in [7, 11) is 0. The first kappa shape index (κ1) is 33.2. The van der Waals surface area contributed by atoms with Crippen LogP contribution in [0.1, 0.15) is 13.8 Å². The predicted octanol–water partition coefficient (Wildman–Crippen LogP) is -6.50. The van der Waals surface area contributed by atoms with Crippen molar-refractivity contribution in [3.05, 3.63) is 0 Å². The number of hydrogen-bond acceptors (Lipinski definition) is 10. The van der Waals surface area contributed by atoms with Crippen molar-refractivity contribution >= 4 is 53.2 Å². The van der Waals surface area contributed by atoms with Crippen LogP contribution in [-0.2, 0) is 47.9 Å². The summed E-state index contributed by atoms with van der Waals surface area (Å²) in [5, 5.41) is 17.7. The van der Waals surface area contributed by atoms with Crippen LogP contribution in [0.4, 0.5) is 0 Å². The zero-order chi connectivity index (χ0) is 28.9. The first-order chi connectivity index (χ1) is 17.9. The largest absolute Gasteiger partial charge is 0.465 e. The third-order valence-electron chi connectivity index (χ3n) is 3.91. The molecule has 0 aliphatic heterocycles. The van der Waals surface area contributed by atoms with E-state index < -0.39 is 92.5 Å². The Morgan fingerprint density at radius 3 is 0.895 bits per heavy atom. The first-order valence-electron chi connectivity index (χ1n) is 11.2. The molecule has 212 valence electrons. The van der Waals surface area contributed by atoms with Crippen LogP contribution in [0.2, 0.25) is 0 Å². The molecule has 0 aromatic carbocycles. The lowest BCUT2D eigenvalue weighted by molar-refractivity contribution is -0.143. The topological polar surface area (TPSA) is 259 Å². The van der Waals surface area contributed by atoms with Crippen LogP contribution in [0.15, 0.2) is 0 Å². The molecule has 0 aromatic heterocycles. The van der Waals surface area contributed by atoms with Crippen molar-refractivity contribution in [1.29, 1.82) is 0 Å². The molecule has 0 aliphatic rings. The fourth-order valence-corrected chi connectivity index (χ4v) is 2.10. The molecule has 0 aliphatic carbocycles. The minimum Gasteiger partial charge on any atom is -0.465 e. The number of rotatable bonds is 17. The van der Waals surface area contributed by atoms with Crippen molar-refractivity contribution in [3.8, 4) is 0 Å². The summed E-state index contributed by atoms with van der Waals surface area (Å²) >= 11 is 0. The summed E-state index contributed by atoms with van der Waals surface area (Å²) in [5.74, 6) is -5.84. The lowest BCUT2D eigenvalue weighted by Crippen LogP contribution is -2.47. The molecule has 8 amide bonds. The molecule has 0 saturated carbocycles. The molecule has 18 nitrogen and oxygen atoms in total. The van der Waals surface area contributed by atoms with Gasteiger partial charge in [0.25, 0.3) is 0 Å². The normalized spacial score (nSPS) is 9.63. The summed E-state index contributed by atoms with van der Waals surface area (Å²) in [5.41, 5.74) is 0. The minimum absolute atomic E-state index is 0.160. The monoisotopic (exact) mass is 544 g/mol. The highest BCUT2D eigenvalue weighted by Gasteiger charge is 2.12. The Bertz CT molecular complexity index is 908. The van der Waals surface area contributed by atoms with Crippen LogP contribution in [0, 0.1) is 0 Å². The Balaban J connectivity index is 3.93. The van der Waals surface area contributed by atoms with Gasteiger partial charge in [-0.3, -0.25) is 43.2 Å². The van der Waals surface area contributed by atoms with Crippen LogP contribution >= 0.6 is 0 Å². The van der Waals surface area contributed by atoms with E-state index in [1.165, 1.54) is 6.92 Å². The van der Waals surface area contributed by atoms with Gasteiger partial charge in [-0.05, 0) is 6.92 Å². The van der Waals surface area contributed by atoms with E-state index in [-0.39, 0.29) is 19.7 Å². The number of carbonyl (C=O) groups is 9. The molecule has 0 radical (unpaired) electrons. The number of carbonyl (C=O) groups excluding carboxylic acids is 9. The smallest absolute Gasteiger partial charge is 0.325 e. The van der Waals surface area contributed by atoms with Crippen LogP contribution < -0.4 is 42.5 Å². The van der Waals surface area contributed by atoms with E-state index in [9.17, 15) is 43.2 Å². The zero-order valence-electron chi connectivity index (χ0n) is 20.9. The van der Waals surface area contributed by atoms with Crippen molar-refractivity contribution in [2.24, 2.45) is 0 Å². The molecule has 0 saturated heterocycles. The fourth-order valence-electron chi connectivity index (χ4n) is 2.10. The molecule has 0 bridgehead atoms. The van der Waals surface area contributed by atoms with E-state index in [1.807, 2.05) is 0 Å². The van der Waals surface area contributed by atoms with E-state index in [1.54, 1.807) is 6.92 Å². The SMILES string of the molecule is CCOC(=O)CNC(=O)CNC(=O)CNC(=O)CNC(=O)CNC(=O)CNC(=O)CNC(=O)CNC(C)=O. The van der Waals surface area contributed by atoms with Crippen LogP contribution in [-0.4, -0.2) is 112 Å². The average molecular weight is 545 g/mol. The van der Waals surface area contributed by atoms with Crippen molar-refractivity contribution < 1.29 is 47.9 Å². The van der Waals surface area contributed by atoms with Gasteiger partial charge in [-0.1, -0.05) is 0 Å². The summed E-state index contributed by atoms with van der Waals surface area (Å²) in [6.45, 7) is -0.497. The molecule has 38 heavy (non-hydrogen) atoms. The molecule has 0 atom stereocenters. The van der Waals surface area contributed by atoms with Crippen LogP contribution in [0.3, 0.4) is 0 Å². The van der Waals surface area contributed by atoms with Crippen molar-refractivity contribution in [2.45, 2.75) is 13.8 Å². The summed E-state index contributed by atoms with van der Waals surface area (Å²) < 4.78 is 4.62. The highest BCUT2D eigenvalue weighted by molar-refractivity contribution is 5.93. The van der Waals surface area contributed by atoms with E-state index in [2.05, 4.69) is 47.3 Å². The Morgan fingerprint density at radius 2 is 0.658 bits per heavy atom. The van der Waals surface area contributed by atoms with Gasteiger partial charge in [0.1, 0.15) is 6.54 Å². The highest BCUT2D eigenvalue weighted by atomic mass is 16.5. The van der Waals surface area contributed by atoms with Gasteiger partial charge >= 0.3 is 5.97 Å². The first-order valence-corrected chi connectivity index (χ1v) is 11.2. The van der Waals surface area contributed by atoms with Crippen molar-refractivity contribution in [3.63, 3.8) is 0 Å². The Hall–Kier alpha value is -4.77. The standard InChI is InChI=1S/C20H32N8O10/c1-3-38-20(37)11-28-19(36)10-27-18(35)9-26-17(34)8-25-16(33)7-24-15(32)6-23-14(31)5-22-13(30)4-21-12(2)29/h3-11H2,1-2H3,(H,21,29)(H,22,30)(H,23,31)(H,24,32)(H,25,33)(H,26,34)(H,27,35)(H,28,36). The Kier molecular flexibility index (Phi) is 17.0. The molecular formula is C20H32N8O10. The maximum Gasteiger partial charge on any atom is 0.325 e. The molecule has 0 spiro atoms. The van der Waals surface area contributed by atoms with E-state index >= 15 is 0 Å². The van der Waals surface area contributed by atoms with Gasteiger partial charge < -0.3 is 47.3 Å². The van der Waals surface area contributed by atoms with E-state index in [0.29, 0.717) is 0 Å². The van der Waals surface area contributed by atoms with E-state index in [4.69, 9.17) is 0 Å². The molecule has 0 fully saturated rings. The van der Waals surface area contributed by atoms with Gasteiger partial charge in [0.15, 0.2) is 0 Å². The maximum absolute atomic E-state index is 11.7. The van der Waals surface area contributed by atoms with Crippen LogP contribution in [0.5, 0.6) is 0 Å². The lowest BCUT2D eigenvalue weighted by atomic mass is 10.4. The average Bonchev–Trinajstić information content (AvgIpc) is 2.87. The quantitative estimate of drug-likeness (QED) is 0.0803. The minimum atomic E-state index is -0.729. The van der Waals surface area contributed by atoms with Gasteiger partial charge in [0.2, 0.25) is 47.3 Å². The third-order valence-corrected chi connectivity index (χ3v) is 3.91. The second-order valence-corrected chi connectivity index (χ2v) is 7.15. The van der Waals surface area contributed by atoms with Gasteiger partial charge in [-0.25, -0.2) is 0 Å². The molecule has 0 aromatic rings. The predicted molar refractivity (Wildman–Crippen MR) is 126 cm³/mol. The fraction of sp³-hybridized carbons (Fsp3) is 0.550. The van der Waals surface area contributed by atoms with Crippen LogP contribution in [0.25, 0.3) is 0 Å². The number of amides is 8. The Morgan fingerprint density at radius 1 is 0.421 bits per heavy atom.